The molecule has 138 valence electrons. The largest absolute Gasteiger partial charge is 0.377 e. The fraction of sp³-hybridized carbons (Fsp3) is 0.500. The Morgan fingerprint density at radius 3 is 2.85 bits per heavy atom. The Kier molecular flexibility index (Phi) is 4.96. The molecule has 2 saturated heterocycles. The third kappa shape index (κ3) is 3.49. The van der Waals surface area contributed by atoms with Crippen LogP contribution in [0.2, 0.25) is 0 Å². The molecule has 2 aliphatic heterocycles. The van der Waals surface area contributed by atoms with E-state index in [4.69, 9.17) is 4.74 Å². The van der Waals surface area contributed by atoms with Crippen molar-refractivity contribution in [3.8, 4) is 0 Å². The van der Waals surface area contributed by atoms with Crippen LogP contribution in [0.5, 0.6) is 0 Å². The van der Waals surface area contributed by atoms with Gasteiger partial charge in [0.25, 0.3) is 0 Å². The molecule has 2 heterocycles. The Bertz CT molecular complexity index is 783. The van der Waals surface area contributed by atoms with Gasteiger partial charge in [-0.2, -0.15) is 0 Å². The Balaban J connectivity index is 1.41. The Hall–Kier alpha value is -1.91. The number of amides is 1. The van der Waals surface area contributed by atoms with Gasteiger partial charge in [0.1, 0.15) is 0 Å². The summed E-state index contributed by atoms with van der Waals surface area (Å²) in [5, 5.41) is 2.67. The summed E-state index contributed by atoms with van der Waals surface area (Å²) >= 11 is 0. The normalized spacial score (nSPS) is 26.0. The van der Waals surface area contributed by atoms with E-state index in [1.807, 2.05) is 14.1 Å². The molecule has 26 heavy (non-hydrogen) atoms. The number of ether oxygens (including phenoxy) is 1. The van der Waals surface area contributed by atoms with Crippen LogP contribution in [-0.2, 0) is 16.1 Å². The number of likely N-dealkylation sites (tertiary alicyclic amines) is 1. The van der Waals surface area contributed by atoms with E-state index in [1.165, 1.54) is 16.3 Å². The van der Waals surface area contributed by atoms with Gasteiger partial charge in [0.05, 0.1) is 19.1 Å². The summed E-state index contributed by atoms with van der Waals surface area (Å²) in [7, 11) is 3.64. The zero-order valence-electron chi connectivity index (χ0n) is 15.7. The monoisotopic (exact) mass is 352 g/mol. The van der Waals surface area contributed by atoms with Gasteiger partial charge >= 0.3 is 0 Å². The average molecular weight is 352 g/mol. The van der Waals surface area contributed by atoms with Crippen LogP contribution >= 0.6 is 0 Å². The third-order valence-corrected chi connectivity index (χ3v) is 6.03. The van der Waals surface area contributed by atoms with E-state index in [1.54, 1.807) is 4.90 Å². The van der Waals surface area contributed by atoms with E-state index in [9.17, 15) is 4.79 Å². The van der Waals surface area contributed by atoms with Gasteiger partial charge in [-0.25, -0.2) is 0 Å². The van der Waals surface area contributed by atoms with Crippen LogP contribution in [0.15, 0.2) is 42.5 Å². The van der Waals surface area contributed by atoms with Crippen molar-refractivity contribution in [1.82, 2.24) is 9.80 Å². The van der Waals surface area contributed by atoms with Crippen molar-refractivity contribution >= 4 is 16.7 Å². The van der Waals surface area contributed by atoms with Gasteiger partial charge in [-0.3, -0.25) is 9.69 Å². The van der Waals surface area contributed by atoms with Crippen LogP contribution in [0.4, 0.5) is 0 Å². The molecule has 0 aliphatic carbocycles. The predicted molar refractivity (Wildman–Crippen MR) is 104 cm³/mol. The molecule has 0 spiro atoms. The number of hydrogen-bond donors (Lipinski definition) is 0. The molecule has 0 aromatic heterocycles. The number of carbonyl (C=O) groups is 1. The maximum absolute atomic E-state index is 12.0. The number of carbonyl (C=O) groups excluding carboxylic acids is 1. The maximum Gasteiger partial charge on any atom is 0.224 e. The van der Waals surface area contributed by atoms with E-state index in [2.05, 4.69) is 47.4 Å². The van der Waals surface area contributed by atoms with Gasteiger partial charge in [-0.05, 0) is 35.2 Å². The van der Waals surface area contributed by atoms with Gasteiger partial charge < -0.3 is 9.64 Å². The van der Waals surface area contributed by atoms with Crippen molar-refractivity contribution in [2.75, 3.05) is 33.8 Å². The first kappa shape index (κ1) is 17.5. The molecule has 0 bridgehead atoms. The van der Waals surface area contributed by atoms with Gasteiger partial charge in [-0.15, -0.1) is 0 Å². The van der Waals surface area contributed by atoms with Crippen LogP contribution in [0.3, 0.4) is 0 Å². The predicted octanol–water partition coefficient (Wildman–Crippen LogP) is 3.16. The molecule has 3 atom stereocenters. The van der Waals surface area contributed by atoms with Crippen molar-refractivity contribution in [3.05, 3.63) is 48.0 Å². The molecule has 0 N–H and O–H groups in total. The first-order valence-electron chi connectivity index (χ1n) is 9.62. The molecule has 0 unspecified atom stereocenters. The zero-order valence-corrected chi connectivity index (χ0v) is 15.7. The van der Waals surface area contributed by atoms with Gasteiger partial charge in [0.2, 0.25) is 5.91 Å². The minimum absolute atomic E-state index is 0.106. The topological polar surface area (TPSA) is 32.8 Å². The van der Waals surface area contributed by atoms with Crippen molar-refractivity contribution in [1.29, 1.82) is 0 Å². The van der Waals surface area contributed by atoms with E-state index in [0.717, 1.165) is 32.7 Å². The lowest BCUT2D eigenvalue weighted by atomic mass is 9.83. The Morgan fingerprint density at radius 1 is 1.19 bits per heavy atom. The molecule has 2 fully saturated rings. The number of nitrogens with zero attached hydrogens (tertiary/aromatic N) is 2. The van der Waals surface area contributed by atoms with Gasteiger partial charge in [0.15, 0.2) is 0 Å². The third-order valence-electron chi connectivity index (χ3n) is 6.03. The summed E-state index contributed by atoms with van der Waals surface area (Å²) in [5.41, 5.74) is 1.40. The number of hydrogen-bond acceptors (Lipinski definition) is 3. The smallest absolute Gasteiger partial charge is 0.224 e. The highest BCUT2D eigenvalue weighted by molar-refractivity contribution is 5.85. The molecular weight excluding hydrogens is 324 g/mol. The fourth-order valence-corrected chi connectivity index (χ4v) is 4.54. The summed E-state index contributed by atoms with van der Waals surface area (Å²) in [4.78, 5) is 16.3. The highest BCUT2D eigenvalue weighted by atomic mass is 16.5. The summed E-state index contributed by atoms with van der Waals surface area (Å²) in [6.07, 6.45) is 1.76. The standard InChI is InChI=1S/C22H28N2O2/c1-23(2)22(25)12-21-20-10-11-24(14-18(20)15-26-21)13-17-8-5-7-16-6-3-4-9-19(16)17/h3-9,18,20-21H,10-15H2,1-2H3/t18-,20-,21+/m1/s1. The molecular formula is C22H28N2O2. The quantitative estimate of drug-likeness (QED) is 0.847. The lowest BCUT2D eigenvalue weighted by Crippen LogP contribution is -2.41. The zero-order chi connectivity index (χ0) is 18.1. The van der Waals surface area contributed by atoms with Crippen LogP contribution in [0.25, 0.3) is 10.8 Å². The minimum Gasteiger partial charge on any atom is -0.377 e. The van der Waals surface area contributed by atoms with Crippen molar-refractivity contribution < 1.29 is 9.53 Å². The SMILES string of the molecule is CN(C)C(=O)C[C@@H]1OC[C@H]2CN(Cc3cccc4ccccc34)CC[C@H]21. The first-order valence-corrected chi connectivity index (χ1v) is 9.62. The van der Waals surface area contributed by atoms with Crippen molar-refractivity contribution in [3.63, 3.8) is 0 Å². The fourth-order valence-electron chi connectivity index (χ4n) is 4.54. The molecule has 2 aromatic carbocycles. The lowest BCUT2D eigenvalue weighted by Gasteiger charge is -2.36. The maximum atomic E-state index is 12.0. The number of benzene rings is 2. The van der Waals surface area contributed by atoms with Crippen LogP contribution in [0, 0.1) is 11.8 Å². The Labute approximate surface area is 155 Å². The molecule has 2 aliphatic rings. The molecule has 0 saturated carbocycles. The van der Waals surface area contributed by atoms with E-state index < -0.39 is 0 Å². The summed E-state index contributed by atoms with van der Waals surface area (Å²) < 4.78 is 6.02. The van der Waals surface area contributed by atoms with E-state index in [0.29, 0.717) is 18.3 Å². The second-order valence-electron chi connectivity index (χ2n) is 7.95. The molecule has 0 radical (unpaired) electrons. The van der Waals surface area contributed by atoms with E-state index in [-0.39, 0.29) is 12.0 Å². The number of fused-ring (bicyclic) bond motifs is 2. The van der Waals surface area contributed by atoms with Gasteiger partial charge in [-0.1, -0.05) is 42.5 Å². The summed E-state index contributed by atoms with van der Waals surface area (Å²) in [6, 6.07) is 15.2. The van der Waals surface area contributed by atoms with Crippen LogP contribution < -0.4 is 0 Å². The minimum atomic E-state index is 0.106. The Morgan fingerprint density at radius 2 is 2.00 bits per heavy atom. The summed E-state index contributed by atoms with van der Waals surface area (Å²) in [5.74, 6) is 1.26. The number of piperidine rings is 1. The van der Waals surface area contributed by atoms with E-state index >= 15 is 0 Å². The summed E-state index contributed by atoms with van der Waals surface area (Å²) in [6.45, 7) is 3.94. The second kappa shape index (κ2) is 7.37. The molecule has 4 heteroatoms. The first-order chi connectivity index (χ1) is 12.6. The highest BCUT2D eigenvalue weighted by Crippen LogP contribution is 2.36. The molecule has 2 aromatic rings. The van der Waals surface area contributed by atoms with Crippen molar-refractivity contribution in [2.24, 2.45) is 11.8 Å². The van der Waals surface area contributed by atoms with Crippen molar-refractivity contribution in [2.45, 2.75) is 25.5 Å². The molecule has 1 amide bonds. The van der Waals surface area contributed by atoms with Crippen LogP contribution in [-0.4, -0.2) is 55.6 Å². The van der Waals surface area contributed by atoms with Crippen LogP contribution in [0.1, 0.15) is 18.4 Å². The molecule has 4 rings (SSSR count). The van der Waals surface area contributed by atoms with Gasteiger partial charge in [0, 0.05) is 33.1 Å². The second-order valence-corrected chi connectivity index (χ2v) is 7.95. The lowest BCUT2D eigenvalue weighted by molar-refractivity contribution is -0.131. The highest BCUT2D eigenvalue weighted by Gasteiger charge is 2.41. The average Bonchev–Trinajstić information content (AvgIpc) is 3.04. The molecule has 4 nitrogen and oxygen atoms in total. The number of rotatable bonds is 4.